The van der Waals surface area contributed by atoms with Crippen molar-refractivity contribution in [3.05, 3.63) is 35.4 Å². The lowest BCUT2D eigenvalue weighted by atomic mass is 9.73. The van der Waals surface area contributed by atoms with Gasteiger partial charge >= 0.3 is 41.8 Å². The molecule has 2 aliphatic carbocycles. The average Bonchev–Trinajstić information content (AvgIpc) is 3.41. The van der Waals surface area contributed by atoms with Gasteiger partial charge in [0.1, 0.15) is 5.78 Å². The minimum absolute atomic E-state index is 0.0719. The van der Waals surface area contributed by atoms with Crippen molar-refractivity contribution in [2.45, 2.75) is 202 Å². The molecule has 2 saturated carbocycles. The van der Waals surface area contributed by atoms with Gasteiger partial charge in [0, 0.05) is 24.8 Å². The van der Waals surface area contributed by atoms with Crippen molar-refractivity contribution in [3.8, 4) is 0 Å². The number of carbonyl (C=O) groups is 8. The van der Waals surface area contributed by atoms with Gasteiger partial charge in [0.25, 0.3) is 0 Å². The Bertz CT molecular complexity index is 1800. The fourth-order valence-electron chi connectivity index (χ4n) is 8.56. The average molecular weight is 1100 g/mol. The molecule has 0 amide bonds. The second kappa shape index (κ2) is 41.1. The van der Waals surface area contributed by atoms with Gasteiger partial charge in [-0.15, -0.1) is 0 Å². The summed E-state index contributed by atoms with van der Waals surface area (Å²) in [5.41, 5.74) is 0.369. The van der Waals surface area contributed by atoms with E-state index in [0.717, 1.165) is 11.5 Å². The van der Waals surface area contributed by atoms with E-state index >= 15 is 0 Å². The molecule has 3 atom stereocenters. The van der Waals surface area contributed by atoms with Gasteiger partial charge in [0.15, 0.2) is 17.3 Å². The van der Waals surface area contributed by atoms with Crippen molar-refractivity contribution in [1.82, 2.24) is 5.32 Å². The summed E-state index contributed by atoms with van der Waals surface area (Å²) in [5, 5.41) is 3.42. The maximum absolute atomic E-state index is 11.9. The fourth-order valence-corrected chi connectivity index (χ4v) is 8.56. The first-order valence-electron chi connectivity index (χ1n) is 27.0. The van der Waals surface area contributed by atoms with Crippen LogP contribution in [0.4, 0.5) is 0 Å². The lowest BCUT2D eigenvalue weighted by Crippen LogP contribution is -2.45. The number of benzene rings is 1. The molecule has 3 unspecified atom stereocenters. The van der Waals surface area contributed by atoms with E-state index in [1.54, 1.807) is 12.1 Å². The highest BCUT2D eigenvalue weighted by atomic mass is 16.6. The van der Waals surface area contributed by atoms with Gasteiger partial charge in [-0.3, -0.25) is 38.4 Å². The van der Waals surface area contributed by atoms with Crippen LogP contribution in [0, 0.1) is 29.1 Å². The van der Waals surface area contributed by atoms with E-state index in [-0.39, 0.29) is 41.9 Å². The SMILES string of the molecule is CCC1CC(OC(C)C)CCC1NC.COC(=O)C(C(=O)OC)c1ccc(COC(C)C)cc1.COC(=O)C(CC(C)C)C(=O)OC.COC(=O)C1(C(=O)OC)CCC(OC(C)C)CC1.COC(=O)CCCC(=O)C(C)C. The summed E-state index contributed by atoms with van der Waals surface area (Å²) in [6.45, 7) is 22.5. The zero-order valence-electron chi connectivity index (χ0n) is 50.2. The normalized spacial score (nSPS) is 16.8. The van der Waals surface area contributed by atoms with E-state index in [4.69, 9.17) is 23.7 Å². The molecule has 0 aliphatic heterocycles. The third kappa shape index (κ3) is 29.5. The molecule has 2 aliphatic rings. The molecule has 0 spiro atoms. The molecule has 1 N–H and O–H groups in total. The van der Waals surface area contributed by atoms with Crippen molar-refractivity contribution < 1.29 is 85.7 Å². The number of ketones is 1. The summed E-state index contributed by atoms with van der Waals surface area (Å²) < 4.78 is 49.3. The standard InChI is InChI=1S/C15H20O5.C13H22O5.C12H25NO.C9H16O4.C9H16O3/c1-10(2)20-9-11-5-7-12(8-6-11)13(14(16)18-3)15(17)19-4;1-9(2)18-10-5-7-13(8-6-10,11(14)16-3)12(15)17-4;1-5-10-8-11(14-9(2)3)6-7-12(10)13-4;1-6(2)5-7(8(10)12-3)9(11)13-4;1-7(2)8(10)5-4-6-9(11)12-3/h5-8,10,13H,9H2,1-4H3;9-10H,5-8H2,1-4H3;9-13H,5-8H2,1-4H3;6-7H,5H2,1-4H3;7H,4-6H2,1-3H3. The molecule has 0 radical (unpaired) electrons. The molecule has 1 aromatic carbocycles. The minimum Gasteiger partial charge on any atom is -0.469 e. The molecule has 0 saturated heterocycles. The van der Waals surface area contributed by atoms with Crippen LogP contribution in [0.1, 0.15) is 170 Å². The van der Waals surface area contributed by atoms with E-state index in [1.165, 1.54) is 75.5 Å². The summed E-state index contributed by atoms with van der Waals surface area (Å²) in [5.74, 6) is -4.07. The zero-order valence-corrected chi connectivity index (χ0v) is 50.2. The third-order valence-electron chi connectivity index (χ3n) is 12.8. The van der Waals surface area contributed by atoms with Crippen molar-refractivity contribution in [2.75, 3.05) is 56.8 Å². The van der Waals surface area contributed by atoms with Crippen LogP contribution in [0.2, 0.25) is 0 Å². The van der Waals surface area contributed by atoms with Crippen LogP contribution in [0.5, 0.6) is 0 Å². The molecule has 444 valence electrons. The lowest BCUT2D eigenvalue weighted by Gasteiger charge is -2.36. The zero-order chi connectivity index (χ0) is 59.4. The highest BCUT2D eigenvalue weighted by Crippen LogP contribution is 2.40. The van der Waals surface area contributed by atoms with E-state index in [0.29, 0.717) is 81.8 Å². The van der Waals surface area contributed by atoms with Gasteiger partial charge < -0.3 is 52.7 Å². The molecule has 3 rings (SSSR count). The highest BCUT2D eigenvalue weighted by Gasteiger charge is 2.50. The quantitative estimate of drug-likeness (QED) is 0.0611. The molecule has 19 heteroatoms. The largest absolute Gasteiger partial charge is 0.469 e. The van der Waals surface area contributed by atoms with Crippen molar-refractivity contribution in [2.24, 2.45) is 29.1 Å². The van der Waals surface area contributed by atoms with Crippen LogP contribution in [0.3, 0.4) is 0 Å². The Morgan fingerprint density at radius 2 is 1.06 bits per heavy atom. The second-order valence-corrected chi connectivity index (χ2v) is 20.5. The molecule has 0 aromatic heterocycles. The van der Waals surface area contributed by atoms with Crippen LogP contribution in [-0.4, -0.2) is 141 Å². The Balaban J connectivity index is 0. The molecular weight excluding hydrogens is 999 g/mol. The van der Waals surface area contributed by atoms with Gasteiger partial charge in [-0.25, -0.2) is 0 Å². The number of esters is 7. The maximum Gasteiger partial charge on any atom is 0.324 e. The number of ether oxygens (including phenoxy) is 10. The van der Waals surface area contributed by atoms with Gasteiger partial charge in [-0.2, -0.15) is 0 Å². The van der Waals surface area contributed by atoms with Crippen molar-refractivity contribution >= 4 is 47.6 Å². The Labute approximate surface area is 460 Å². The molecule has 2 fully saturated rings. The van der Waals surface area contributed by atoms with Crippen molar-refractivity contribution in [3.63, 3.8) is 0 Å². The lowest BCUT2D eigenvalue weighted by molar-refractivity contribution is -0.174. The monoisotopic (exact) mass is 1100 g/mol. The smallest absolute Gasteiger partial charge is 0.324 e. The van der Waals surface area contributed by atoms with Gasteiger partial charge in [-0.1, -0.05) is 65.3 Å². The summed E-state index contributed by atoms with van der Waals surface area (Å²) in [6, 6.07) is 7.76. The Kier molecular flexibility index (Phi) is 39.6. The predicted molar refractivity (Wildman–Crippen MR) is 291 cm³/mol. The number of hydrogen-bond acceptors (Lipinski definition) is 19. The van der Waals surface area contributed by atoms with Crippen molar-refractivity contribution in [1.29, 1.82) is 0 Å². The fraction of sp³-hybridized carbons (Fsp3) is 0.759. The molecular formula is C58H99NO18. The number of methoxy groups -OCH3 is 7. The Morgan fingerprint density at radius 3 is 1.44 bits per heavy atom. The van der Waals surface area contributed by atoms with Gasteiger partial charge in [0.2, 0.25) is 0 Å². The molecule has 77 heavy (non-hydrogen) atoms. The summed E-state index contributed by atoms with van der Waals surface area (Å²) >= 11 is 0. The van der Waals surface area contributed by atoms with E-state index in [1.807, 2.05) is 67.5 Å². The van der Waals surface area contributed by atoms with E-state index in [9.17, 15) is 38.4 Å². The molecule has 0 heterocycles. The Hall–Kier alpha value is -4.98. The number of carbonyl (C=O) groups excluding carboxylic acids is 8. The summed E-state index contributed by atoms with van der Waals surface area (Å²) in [4.78, 5) is 91.0. The third-order valence-corrected chi connectivity index (χ3v) is 12.8. The van der Waals surface area contributed by atoms with E-state index in [2.05, 4.69) is 56.8 Å². The van der Waals surface area contributed by atoms with Crippen LogP contribution >= 0.6 is 0 Å². The first-order chi connectivity index (χ1) is 36.2. The van der Waals surface area contributed by atoms with Crippen LogP contribution in [0.15, 0.2) is 24.3 Å². The highest BCUT2D eigenvalue weighted by molar-refractivity contribution is 6.01. The summed E-state index contributed by atoms with van der Waals surface area (Å²) in [6.07, 6.45) is 10.3. The number of rotatable bonds is 23. The van der Waals surface area contributed by atoms with Crippen LogP contribution in [0.25, 0.3) is 0 Å². The topological polar surface area (TPSA) is 241 Å². The number of nitrogens with one attached hydrogen (secondary N) is 1. The van der Waals surface area contributed by atoms with E-state index < -0.39 is 53.1 Å². The molecule has 1 aromatic rings. The molecule has 19 nitrogen and oxygen atoms in total. The maximum atomic E-state index is 11.9. The first-order valence-corrected chi connectivity index (χ1v) is 27.0. The number of hydrogen-bond donors (Lipinski definition) is 1. The minimum atomic E-state index is -1.14. The van der Waals surface area contributed by atoms with Crippen LogP contribution in [-0.2, 0) is 92.3 Å². The number of Topliss-reactive ketones (excluding diaryl/α,β-unsaturated/α-hetero) is 1. The van der Waals surface area contributed by atoms with Crippen LogP contribution < -0.4 is 5.32 Å². The first kappa shape index (κ1) is 74.1. The second-order valence-electron chi connectivity index (χ2n) is 20.5. The van der Waals surface area contributed by atoms with Gasteiger partial charge in [0.05, 0.1) is 86.9 Å². The molecule has 0 bridgehead atoms. The van der Waals surface area contributed by atoms with Gasteiger partial charge in [-0.05, 0) is 129 Å². The predicted octanol–water partition coefficient (Wildman–Crippen LogP) is 8.86. The summed E-state index contributed by atoms with van der Waals surface area (Å²) in [7, 11) is 11.0. The Morgan fingerprint density at radius 1 is 0.584 bits per heavy atom.